The lowest BCUT2D eigenvalue weighted by Gasteiger charge is -2.19. The van der Waals surface area contributed by atoms with Crippen molar-refractivity contribution in [3.8, 4) is 10.6 Å². The van der Waals surface area contributed by atoms with E-state index in [1.54, 1.807) is 11.7 Å². The fourth-order valence-electron chi connectivity index (χ4n) is 3.27. The zero-order chi connectivity index (χ0) is 23.4. The van der Waals surface area contributed by atoms with E-state index in [1.807, 2.05) is 0 Å². The number of anilines is 1. The van der Waals surface area contributed by atoms with E-state index in [1.165, 1.54) is 24.6 Å². The fraction of sp³-hybridized carbons (Fsp3) is 0.381. The van der Waals surface area contributed by atoms with Crippen LogP contribution in [0.25, 0.3) is 10.6 Å². The Balaban J connectivity index is 1.67. The Morgan fingerprint density at radius 1 is 1.34 bits per heavy atom. The summed E-state index contributed by atoms with van der Waals surface area (Å²) in [4.78, 5) is 16.7. The van der Waals surface area contributed by atoms with Crippen LogP contribution in [0.5, 0.6) is 0 Å². The summed E-state index contributed by atoms with van der Waals surface area (Å²) in [6, 6.07) is 2.71. The van der Waals surface area contributed by atoms with Gasteiger partial charge in [-0.3, -0.25) is 9.48 Å². The molecule has 3 aromatic rings. The van der Waals surface area contributed by atoms with Gasteiger partial charge < -0.3 is 16.2 Å². The zero-order valence-corrected chi connectivity index (χ0v) is 18.4. The van der Waals surface area contributed by atoms with E-state index in [-0.39, 0.29) is 16.3 Å². The van der Waals surface area contributed by atoms with Crippen LogP contribution in [0.1, 0.15) is 35.9 Å². The van der Waals surface area contributed by atoms with Gasteiger partial charge >= 0.3 is 0 Å². The third-order valence-electron chi connectivity index (χ3n) is 5.04. The summed E-state index contributed by atoms with van der Waals surface area (Å²) in [5, 5.41) is 17.6. The van der Waals surface area contributed by atoms with Gasteiger partial charge in [-0.05, 0) is 38.3 Å². The molecular formula is C21H24F3N5O2S. The molecule has 1 aromatic carbocycles. The Kier molecular flexibility index (Phi) is 7.64. The number of benzene rings is 1. The first-order valence-corrected chi connectivity index (χ1v) is 10.9. The number of rotatable bonds is 9. The van der Waals surface area contributed by atoms with Crippen LogP contribution < -0.4 is 11.1 Å². The highest BCUT2D eigenvalue weighted by molar-refractivity contribution is 7.13. The Bertz CT molecular complexity index is 1070. The highest BCUT2D eigenvalue weighted by Gasteiger charge is 2.22. The highest BCUT2D eigenvalue weighted by atomic mass is 32.1. The molecule has 11 heteroatoms. The highest BCUT2D eigenvalue weighted by Crippen LogP contribution is 2.29. The molecule has 0 radical (unpaired) electrons. The maximum absolute atomic E-state index is 14.0. The van der Waals surface area contributed by atoms with Gasteiger partial charge in [-0.25, -0.2) is 18.2 Å². The molecule has 0 bridgehead atoms. The second-order valence-electron chi connectivity index (χ2n) is 7.46. The molecule has 2 heterocycles. The van der Waals surface area contributed by atoms with Gasteiger partial charge in [-0.15, -0.1) is 11.3 Å². The number of hydrogen-bond acceptors (Lipinski definition) is 6. The molecule has 7 nitrogen and oxygen atoms in total. The van der Waals surface area contributed by atoms with Crippen molar-refractivity contribution in [2.75, 3.05) is 5.32 Å². The standard InChI is InChI=1S/C21H24F3N5O2S/c1-11(30)19(24)14(25)7-4-8-17-15(9-26-29(17)2)27-20(31)16-10-32-21(28-16)18-12(22)5-3-6-13(18)23/h3,5-6,9-11,14,19,30H,4,7-8,25H2,1-2H3,(H,27,31)/t11-,14+,19-/m0/s1. The van der Waals surface area contributed by atoms with E-state index in [9.17, 15) is 23.1 Å². The predicted octanol–water partition coefficient (Wildman–Crippen LogP) is 3.44. The number of nitrogens with zero attached hydrogens (tertiary/aromatic N) is 3. The molecule has 4 N–H and O–H groups in total. The topological polar surface area (TPSA) is 106 Å². The first-order chi connectivity index (χ1) is 15.2. The number of aryl methyl sites for hydroxylation is 1. The second kappa shape index (κ2) is 10.2. The molecule has 3 rings (SSSR count). The van der Waals surface area contributed by atoms with E-state index in [0.29, 0.717) is 30.6 Å². The molecule has 32 heavy (non-hydrogen) atoms. The van der Waals surface area contributed by atoms with Gasteiger partial charge in [0.1, 0.15) is 28.5 Å². The Morgan fingerprint density at radius 3 is 2.69 bits per heavy atom. The molecule has 2 aromatic heterocycles. The van der Waals surface area contributed by atoms with Crippen molar-refractivity contribution in [2.45, 2.75) is 44.5 Å². The van der Waals surface area contributed by atoms with Crippen molar-refractivity contribution < 1.29 is 23.1 Å². The number of aromatic nitrogens is 3. The first-order valence-electron chi connectivity index (χ1n) is 9.99. The molecule has 0 saturated carbocycles. The fourth-order valence-corrected chi connectivity index (χ4v) is 4.11. The second-order valence-corrected chi connectivity index (χ2v) is 8.32. The summed E-state index contributed by atoms with van der Waals surface area (Å²) in [5.41, 5.74) is 6.66. The number of nitrogens with one attached hydrogen (secondary N) is 1. The smallest absolute Gasteiger partial charge is 0.275 e. The average molecular weight is 468 g/mol. The molecule has 0 aliphatic rings. The molecule has 0 saturated heterocycles. The number of nitrogens with two attached hydrogens (primary N) is 1. The first kappa shape index (κ1) is 23.9. The van der Waals surface area contributed by atoms with Crippen molar-refractivity contribution in [2.24, 2.45) is 12.8 Å². The van der Waals surface area contributed by atoms with Crippen LogP contribution in [-0.2, 0) is 13.5 Å². The summed E-state index contributed by atoms with van der Waals surface area (Å²) >= 11 is 0.959. The van der Waals surface area contributed by atoms with Crippen LogP contribution in [0.2, 0.25) is 0 Å². The van der Waals surface area contributed by atoms with Crippen molar-refractivity contribution in [1.82, 2.24) is 14.8 Å². The Morgan fingerprint density at radius 2 is 2.03 bits per heavy atom. The third-order valence-corrected chi connectivity index (χ3v) is 5.90. The van der Waals surface area contributed by atoms with Gasteiger partial charge in [-0.2, -0.15) is 5.10 Å². The Hall–Kier alpha value is -2.76. The van der Waals surface area contributed by atoms with Crippen molar-refractivity contribution >= 4 is 22.9 Å². The molecular weight excluding hydrogens is 443 g/mol. The number of hydrogen-bond donors (Lipinski definition) is 3. The molecule has 3 atom stereocenters. The minimum absolute atomic E-state index is 0.0154. The lowest BCUT2D eigenvalue weighted by molar-refractivity contribution is 0.0743. The summed E-state index contributed by atoms with van der Waals surface area (Å²) in [7, 11) is 1.71. The summed E-state index contributed by atoms with van der Waals surface area (Å²) in [6.07, 6.45) is 0.148. The van der Waals surface area contributed by atoms with Crippen LogP contribution in [0.15, 0.2) is 29.8 Å². The molecule has 0 aliphatic heterocycles. The van der Waals surface area contributed by atoms with E-state index in [0.717, 1.165) is 23.5 Å². The average Bonchev–Trinajstić information content (AvgIpc) is 3.35. The van der Waals surface area contributed by atoms with Crippen LogP contribution in [0.4, 0.5) is 18.9 Å². The van der Waals surface area contributed by atoms with Gasteiger partial charge in [0.2, 0.25) is 0 Å². The van der Waals surface area contributed by atoms with Gasteiger partial charge in [-0.1, -0.05) is 6.07 Å². The van der Waals surface area contributed by atoms with E-state index < -0.39 is 35.9 Å². The normalized spacial score (nSPS) is 14.2. The monoisotopic (exact) mass is 467 g/mol. The molecule has 0 fully saturated rings. The summed E-state index contributed by atoms with van der Waals surface area (Å²) in [6.45, 7) is 1.35. The van der Waals surface area contributed by atoms with Crippen LogP contribution in [0.3, 0.4) is 0 Å². The Labute approximate surface area is 187 Å². The van der Waals surface area contributed by atoms with Gasteiger partial charge in [0.05, 0.1) is 29.2 Å². The lowest BCUT2D eigenvalue weighted by atomic mass is 10.0. The molecule has 0 spiro atoms. The van der Waals surface area contributed by atoms with Crippen LogP contribution >= 0.6 is 11.3 Å². The van der Waals surface area contributed by atoms with Crippen LogP contribution in [0, 0.1) is 11.6 Å². The van der Waals surface area contributed by atoms with Crippen LogP contribution in [-0.4, -0.2) is 44.1 Å². The molecule has 172 valence electrons. The van der Waals surface area contributed by atoms with E-state index >= 15 is 0 Å². The minimum Gasteiger partial charge on any atom is -0.390 e. The number of aliphatic hydroxyl groups excluding tert-OH is 1. The number of thiazole rings is 1. The maximum Gasteiger partial charge on any atom is 0.275 e. The number of amides is 1. The SMILES string of the molecule is C[C@H](O)[C@H](F)[C@H](N)CCCc1c(NC(=O)c2csc(-c3c(F)cccc3F)n2)cnn1C. The molecule has 0 aliphatic carbocycles. The van der Waals surface area contributed by atoms with Gasteiger partial charge in [0.25, 0.3) is 5.91 Å². The minimum atomic E-state index is -1.51. The van der Waals surface area contributed by atoms with Gasteiger partial charge in [0.15, 0.2) is 0 Å². The molecule has 0 unspecified atom stereocenters. The number of halogens is 3. The van der Waals surface area contributed by atoms with Gasteiger partial charge in [0, 0.05) is 18.5 Å². The van der Waals surface area contributed by atoms with E-state index in [2.05, 4.69) is 15.4 Å². The summed E-state index contributed by atoms with van der Waals surface area (Å²) < 4.78 is 43.3. The number of carbonyl (C=O) groups is 1. The number of aliphatic hydroxyl groups is 1. The quantitative estimate of drug-likeness (QED) is 0.447. The third kappa shape index (κ3) is 5.34. The number of carbonyl (C=O) groups excluding carboxylic acids is 1. The van der Waals surface area contributed by atoms with Crippen molar-refractivity contribution in [3.63, 3.8) is 0 Å². The zero-order valence-electron chi connectivity index (χ0n) is 17.6. The maximum atomic E-state index is 14.0. The summed E-state index contributed by atoms with van der Waals surface area (Å²) in [5.74, 6) is -2.07. The number of alkyl halides is 1. The van der Waals surface area contributed by atoms with E-state index in [4.69, 9.17) is 5.73 Å². The molecule has 1 amide bonds. The lowest BCUT2D eigenvalue weighted by Crippen LogP contribution is -2.38. The predicted molar refractivity (Wildman–Crippen MR) is 116 cm³/mol. The van der Waals surface area contributed by atoms with Crippen molar-refractivity contribution in [3.05, 3.63) is 52.8 Å². The van der Waals surface area contributed by atoms with Crippen molar-refractivity contribution in [1.29, 1.82) is 0 Å². The largest absolute Gasteiger partial charge is 0.390 e.